The van der Waals surface area contributed by atoms with E-state index in [1.165, 1.54) is 13.2 Å². The van der Waals surface area contributed by atoms with Crippen molar-refractivity contribution in [3.05, 3.63) is 23.5 Å². The molecule has 0 aliphatic heterocycles. The van der Waals surface area contributed by atoms with Gasteiger partial charge in [-0.25, -0.2) is 4.39 Å². The van der Waals surface area contributed by atoms with Crippen LogP contribution >= 0.6 is 0 Å². The van der Waals surface area contributed by atoms with Gasteiger partial charge in [-0.1, -0.05) is 6.92 Å². The van der Waals surface area contributed by atoms with Crippen LogP contribution in [0.15, 0.2) is 12.1 Å². The molecule has 0 saturated heterocycles. The van der Waals surface area contributed by atoms with E-state index < -0.39 is 5.82 Å². The highest BCUT2D eigenvalue weighted by Gasteiger charge is 2.05. The second kappa shape index (κ2) is 3.43. The molecule has 0 spiro atoms. The molecule has 0 amide bonds. The van der Waals surface area contributed by atoms with E-state index in [1.54, 1.807) is 6.07 Å². The number of nitrogen functional groups attached to an aromatic ring is 1. The molecule has 1 aromatic carbocycles. The highest BCUT2D eigenvalue weighted by atomic mass is 19.1. The standard InChI is InChI=1S/C9H12FNO/c1-3-6-4-9(12-2)7(10)5-8(6)11/h4-5H,3,11H2,1-2H3. The molecule has 0 heterocycles. The van der Waals surface area contributed by atoms with E-state index in [9.17, 15) is 4.39 Å². The normalized spacial score (nSPS) is 9.92. The SMILES string of the molecule is CCc1cc(OC)c(F)cc1N. The first-order chi connectivity index (χ1) is 5.69. The van der Waals surface area contributed by atoms with Crippen molar-refractivity contribution in [1.82, 2.24) is 0 Å². The molecule has 0 unspecified atom stereocenters. The second-order valence-electron chi connectivity index (χ2n) is 2.54. The molecule has 2 nitrogen and oxygen atoms in total. The molecule has 0 saturated carbocycles. The minimum absolute atomic E-state index is 0.251. The summed E-state index contributed by atoms with van der Waals surface area (Å²) in [5, 5.41) is 0. The van der Waals surface area contributed by atoms with E-state index in [4.69, 9.17) is 10.5 Å². The fourth-order valence-corrected chi connectivity index (χ4v) is 1.07. The van der Waals surface area contributed by atoms with Gasteiger partial charge < -0.3 is 10.5 Å². The quantitative estimate of drug-likeness (QED) is 0.687. The van der Waals surface area contributed by atoms with Crippen LogP contribution in [0.4, 0.5) is 10.1 Å². The third kappa shape index (κ3) is 1.49. The first-order valence-corrected chi connectivity index (χ1v) is 3.81. The smallest absolute Gasteiger partial charge is 0.167 e. The fourth-order valence-electron chi connectivity index (χ4n) is 1.07. The van der Waals surface area contributed by atoms with Crippen molar-refractivity contribution in [3.63, 3.8) is 0 Å². The van der Waals surface area contributed by atoms with Crippen molar-refractivity contribution in [3.8, 4) is 5.75 Å². The van der Waals surface area contributed by atoms with Crippen LogP contribution < -0.4 is 10.5 Å². The maximum Gasteiger partial charge on any atom is 0.167 e. The third-order valence-corrected chi connectivity index (χ3v) is 1.79. The first-order valence-electron chi connectivity index (χ1n) is 3.81. The topological polar surface area (TPSA) is 35.2 Å². The molecule has 3 heteroatoms. The number of ether oxygens (including phenoxy) is 1. The summed E-state index contributed by atoms with van der Waals surface area (Å²) in [6, 6.07) is 2.92. The maximum absolute atomic E-state index is 13.0. The van der Waals surface area contributed by atoms with Gasteiger partial charge in [0.25, 0.3) is 0 Å². The van der Waals surface area contributed by atoms with Gasteiger partial charge in [0.05, 0.1) is 7.11 Å². The summed E-state index contributed by atoms with van der Waals surface area (Å²) in [6.07, 6.45) is 0.780. The lowest BCUT2D eigenvalue weighted by Gasteiger charge is -2.06. The lowest BCUT2D eigenvalue weighted by Crippen LogP contribution is -1.96. The lowest BCUT2D eigenvalue weighted by molar-refractivity contribution is 0.386. The molecule has 1 aromatic rings. The van der Waals surface area contributed by atoms with Gasteiger partial charge in [0.15, 0.2) is 11.6 Å². The average molecular weight is 169 g/mol. The average Bonchev–Trinajstić information content (AvgIpc) is 2.05. The highest BCUT2D eigenvalue weighted by Crippen LogP contribution is 2.23. The molecular formula is C9H12FNO. The van der Waals surface area contributed by atoms with Gasteiger partial charge in [-0.15, -0.1) is 0 Å². The van der Waals surface area contributed by atoms with Crippen LogP contribution in [0.25, 0.3) is 0 Å². The van der Waals surface area contributed by atoms with Crippen LogP contribution in [0.5, 0.6) is 5.75 Å². The summed E-state index contributed by atoms with van der Waals surface area (Å²) in [5.74, 6) is -0.159. The van der Waals surface area contributed by atoms with E-state index in [-0.39, 0.29) is 5.75 Å². The van der Waals surface area contributed by atoms with Crippen molar-refractivity contribution >= 4 is 5.69 Å². The number of hydrogen-bond acceptors (Lipinski definition) is 2. The number of nitrogens with two attached hydrogens (primary N) is 1. The maximum atomic E-state index is 13.0. The fraction of sp³-hybridized carbons (Fsp3) is 0.333. The summed E-state index contributed by atoms with van der Waals surface area (Å²) < 4.78 is 17.8. The predicted octanol–water partition coefficient (Wildman–Crippen LogP) is 1.98. The summed E-state index contributed by atoms with van der Waals surface area (Å²) in [6.45, 7) is 1.96. The Hall–Kier alpha value is -1.25. The molecule has 0 radical (unpaired) electrons. The second-order valence-corrected chi connectivity index (χ2v) is 2.54. The third-order valence-electron chi connectivity index (χ3n) is 1.79. The Kier molecular flexibility index (Phi) is 2.53. The van der Waals surface area contributed by atoms with Crippen molar-refractivity contribution in [2.24, 2.45) is 0 Å². The van der Waals surface area contributed by atoms with Gasteiger partial charge in [0.2, 0.25) is 0 Å². The van der Waals surface area contributed by atoms with Crippen molar-refractivity contribution in [1.29, 1.82) is 0 Å². The Morgan fingerprint density at radius 2 is 2.17 bits per heavy atom. The van der Waals surface area contributed by atoms with Crippen LogP contribution in [0.1, 0.15) is 12.5 Å². The van der Waals surface area contributed by atoms with Crippen LogP contribution in [0, 0.1) is 5.82 Å². The van der Waals surface area contributed by atoms with Crippen molar-refractivity contribution < 1.29 is 9.13 Å². The number of hydrogen-bond donors (Lipinski definition) is 1. The molecule has 0 aliphatic carbocycles. The minimum atomic E-state index is -0.410. The molecule has 0 aliphatic rings. The van der Waals surface area contributed by atoms with Gasteiger partial charge in [0.1, 0.15) is 0 Å². The van der Waals surface area contributed by atoms with Gasteiger partial charge in [-0.05, 0) is 18.1 Å². The number of benzene rings is 1. The summed E-state index contributed by atoms with van der Waals surface area (Å²) in [4.78, 5) is 0. The van der Waals surface area contributed by atoms with Crippen molar-refractivity contribution in [2.75, 3.05) is 12.8 Å². The number of anilines is 1. The Balaban J connectivity index is 3.18. The number of aryl methyl sites for hydroxylation is 1. The first kappa shape index (κ1) is 8.84. The molecule has 66 valence electrons. The highest BCUT2D eigenvalue weighted by molar-refractivity contribution is 5.51. The van der Waals surface area contributed by atoms with Crippen molar-refractivity contribution in [2.45, 2.75) is 13.3 Å². The summed E-state index contributed by atoms with van der Waals surface area (Å²) in [7, 11) is 1.44. The van der Waals surface area contributed by atoms with E-state index >= 15 is 0 Å². The van der Waals surface area contributed by atoms with Crippen LogP contribution in [-0.2, 0) is 6.42 Å². The Morgan fingerprint density at radius 1 is 1.50 bits per heavy atom. The monoisotopic (exact) mass is 169 g/mol. The molecule has 2 N–H and O–H groups in total. The van der Waals surface area contributed by atoms with E-state index in [2.05, 4.69) is 0 Å². The van der Waals surface area contributed by atoms with Gasteiger partial charge in [-0.2, -0.15) is 0 Å². The number of methoxy groups -OCH3 is 1. The van der Waals surface area contributed by atoms with E-state index in [0.717, 1.165) is 12.0 Å². The Morgan fingerprint density at radius 3 is 2.67 bits per heavy atom. The van der Waals surface area contributed by atoms with Gasteiger partial charge in [0, 0.05) is 11.8 Å². The molecule has 0 aromatic heterocycles. The lowest BCUT2D eigenvalue weighted by atomic mass is 10.1. The molecule has 0 atom stereocenters. The van der Waals surface area contributed by atoms with E-state index in [1.807, 2.05) is 6.92 Å². The minimum Gasteiger partial charge on any atom is -0.494 e. The zero-order valence-corrected chi connectivity index (χ0v) is 7.23. The zero-order chi connectivity index (χ0) is 9.14. The van der Waals surface area contributed by atoms with E-state index in [0.29, 0.717) is 5.69 Å². The predicted molar refractivity (Wildman–Crippen MR) is 46.7 cm³/mol. The Bertz CT molecular complexity index is 261. The summed E-state index contributed by atoms with van der Waals surface area (Å²) >= 11 is 0. The van der Waals surface area contributed by atoms with Gasteiger partial charge >= 0.3 is 0 Å². The van der Waals surface area contributed by atoms with Crippen LogP contribution in [0.2, 0.25) is 0 Å². The summed E-state index contributed by atoms with van der Waals surface area (Å²) in [5.41, 5.74) is 6.95. The largest absolute Gasteiger partial charge is 0.494 e. The Labute approximate surface area is 71.1 Å². The van der Waals surface area contributed by atoms with Crippen LogP contribution in [-0.4, -0.2) is 7.11 Å². The molecular weight excluding hydrogens is 157 g/mol. The molecule has 0 fully saturated rings. The molecule has 1 rings (SSSR count). The molecule has 0 bridgehead atoms. The van der Waals surface area contributed by atoms with Crippen LogP contribution in [0.3, 0.4) is 0 Å². The zero-order valence-electron chi connectivity index (χ0n) is 7.23. The van der Waals surface area contributed by atoms with Gasteiger partial charge in [-0.3, -0.25) is 0 Å². The number of halogens is 1. The number of rotatable bonds is 2. The molecule has 12 heavy (non-hydrogen) atoms.